The van der Waals surface area contributed by atoms with E-state index in [-0.39, 0.29) is 29.3 Å². The van der Waals surface area contributed by atoms with Crippen molar-refractivity contribution in [3.8, 4) is 11.4 Å². The number of amides is 1. The number of rotatable bonds is 7. The largest absolute Gasteiger partial charge is 0.392 e. The van der Waals surface area contributed by atoms with E-state index in [1.165, 1.54) is 11.3 Å². The summed E-state index contributed by atoms with van der Waals surface area (Å²) in [5, 5.41) is 10.0. The summed E-state index contributed by atoms with van der Waals surface area (Å²) in [6.07, 6.45) is 4.17. The summed E-state index contributed by atoms with van der Waals surface area (Å²) in [6, 6.07) is 13.6. The quantitative estimate of drug-likeness (QED) is 0.380. The molecule has 0 bridgehead atoms. The van der Waals surface area contributed by atoms with Gasteiger partial charge in [0.25, 0.3) is 0 Å². The van der Waals surface area contributed by atoms with Crippen molar-refractivity contribution in [1.82, 2.24) is 24.8 Å². The number of H-pyrrole nitrogens is 2. The molecule has 1 amide bonds. The number of fused-ring (bicyclic) bond motifs is 1. The van der Waals surface area contributed by atoms with E-state index < -0.39 is 0 Å². The third-order valence-electron chi connectivity index (χ3n) is 6.42. The lowest BCUT2D eigenvalue weighted by Gasteiger charge is -2.32. The Labute approximate surface area is 200 Å². The average Bonchev–Trinajstić information content (AvgIpc) is 3.57. The first kappa shape index (κ1) is 22.5. The van der Waals surface area contributed by atoms with Gasteiger partial charge < -0.3 is 20.0 Å². The van der Waals surface area contributed by atoms with Crippen LogP contribution in [0.4, 0.5) is 0 Å². The van der Waals surface area contributed by atoms with Gasteiger partial charge in [-0.3, -0.25) is 14.5 Å². The molecule has 1 unspecified atom stereocenters. The zero-order chi connectivity index (χ0) is 23.7. The minimum atomic E-state index is -0.324. The van der Waals surface area contributed by atoms with Crippen LogP contribution in [-0.2, 0) is 11.2 Å². The number of imidazole rings is 1. The van der Waals surface area contributed by atoms with Crippen molar-refractivity contribution in [1.29, 1.82) is 0 Å². The van der Waals surface area contributed by atoms with Crippen LogP contribution in [0.15, 0.2) is 59.7 Å². The van der Waals surface area contributed by atoms with Gasteiger partial charge in [0.05, 0.1) is 28.8 Å². The zero-order valence-corrected chi connectivity index (χ0v) is 19.7. The minimum Gasteiger partial charge on any atom is -0.392 e. The molecule has 1 fully saturated rings. The smallest absolute Gasteiger partial charge is 0.305 e. The topological polar surface area (TPSA) is 105 Å². The minimum absolute atomic E-state index is 0.00919. The number of hydrogen-bond donors (Lipinski definition) is 3. The number of aromatic nitrogens is 3. The maximum Gasteiger partial charge on any atom is 0.305 e. The average molecular weight is 478 g/mol. The summed E-state index contributed by atoms with van der Waals surface area (Å²) >= 11 is 1.17. The maximum atomic E-state index is 13.4. The number of benzene rings is 2. The molecule has 34 heavy (non-hydrogen) atoms. The summed E-state index contributed by atoms with van der Waals surface area (Å²) in [5.74, 6) is 0.773. The van der Waals surface area contributed by atoms with Gasteiger partial charge in [-0.2, -0.15) is 0 Å². The van der Waals surface area contributed by atoms with E-state index >= 15 is 0 Å². The highest BCUT2D eigenvalue weighted by atomic mass is 32.1. The van der Waals surface area contributed by atoms with Gasteiger partial charge in [-0.1, -0.05) is 35.6 Å². The number of carbonyl (C=O) groups excluding carboxylic acids is 1. The van der Waals surface area contributed by atoms with Crippen molar-refractivity contribution in [2.45, 2.75) is 25.0 Å². The van der Waals surface area contributed by atoms with E-state index in [1.54, 1.807) is 17.3 Å². The van der Waals surface area contributed by atoms with Crippen LogP contribution in [0.25, 0.3) is 21.6 Å². The molecule has 9 heteroatoms. The highest BCUT2D eigenvalue weighted by Gasteiger charge is 2.28. The fourth-order valence-corrected chi connectivity index (χ4v) is 5.29. The van der Waals surface area contributed by atoms with Gasteiger partial charge in [0.1, 0.15) is 5.82 Å². The highest BCUT2D eigenvalue weighted by molar-refractivity contribution is 7.16. The Balaban J connectivity index is 1.41. The Morgan fingerprint density at radius 3 is 2.97 bits per heavy atom. The van der Waals surface area contributed by atoms with E-state index in [1.807, 2.05) is 43.4 Å². The van der Waals surface area contributed by atoms with Gasteiger partial charge in [-0.25, -0.2) is 4.98 Å². The molecular formula is C25H27N5O3S. The lowest BCUT2D eigenvalue weighted by atomic mass is 10.0. The van der Waals surface area contributed by atoms with E-state index in [0.29, 0.717) is 13.1 Å². The second-order valence-electron chi connectivity index (χ2n) is 8.81. The molecule has 2 aromatic heterocycles. The Kier molecular flexibility index (Phi) is 6.32. The third kappa shape index (κ3) is 4.82. The number of thiazole rings is 1. The molecular weight excluding hydrogens is 450 g/mol. The number of hydrogen-bond acceptors (Lipinski definition) is 6. The number of aromatic amines is 2. The van der Waals surface area contributed by atoms with Gasteiger partial charge in [-0.15, -0.1) is 0 Å². The highest BCUT2D eigenvalue weighted by Crippen LogP contribution is 2.27. The van der Waals surface area contributed by atoms with Crippen LogP contribution in [0.3, 0.4) is 0 Å². The number of nitrogens with zero attached hydrogens (tertiary/aromatic N) is 3. The lowest BCUT2D eigenvalue weighted by Crippen LogP contribution is -2.39. The molecule has 0 aliphatic carbocycles. The van der Waals surface area contributed by atoms with Crippen LogP contribution in [-0.4, -0.2) is 68.6 Å². The van der Waals surface area contributed by atoms with Crippen LogP contribution in [0.5, 0.6) is 0 Å². The SMILES string of the molecule is CN(C(=O)Cc1ccc2sc(=O)[nH]c2c1)[C@H](CN1CCC(O)C1)c1cccc(-c2ncc[nH]2)c1. The molecule has 3 N–H and O–H groups in total. The monoisotopic (exact) mass is 477 g/mol. The number of carbonyl (C=O) groups is 1. The normalized spacial score (nSPS) is 17.3. The molecule has 0 saturated carbocycles. The molecule has 0 radical (unpaired) electrons. The molecule has 8 nitrogen and oxygen atoms in total. The molecule has 176 valence electrons. The summed E-state index contributed by atoms with van der Waals surface area (Å²) in [5.41, 5.74) is 3.60. The van der Waals surface area contributed by atoms with Crippen LogP contribution >= 0.6 is 11.3 Å². The van der Waals surface area contributed by atoms with Crippen molar-refractivity contribution < 1.29 is 9.90 Å². The van der Waals surface area contributed by atoms with Crippen LogP contribution in [0.2, 0.25) is 0 Å². The molecule has 2 aromatic carbocycles. The first-order chi connectivity index (χ1) is 16.5. The van der Waals surface area contributed by atoms with Crippen molar-refractivity contribution in [2.24, 2.45) is 0 Å². The Hall–Kier alpha value is -3.27. The van der Waals surface area contributed by atoms with Crippen LogP contribution < -0.4 is 4.87 Å². The van der Waals surface area contributed by atoms with E-state index in [2.05, 4.69) is 25.9 Å². The fourth-order valence-electron chi connectivity index (χ4n) is 4.57. The van der Waals surface area contributed by atoms with Crippen molar-refractivity contribution >= 4 is 27.5 Å². The van der Waals surface area contributed by atoms with Gasteiger partial charge in [0.15, 0.2) is 0 Å². The second kappa shape index (κ2) is 9.54. The maximum absolute atomic E-state index is 13.4. The van der Waals surface area contributed by atoms with E-state index in [0.717, 1.165) is 45.7 Å². The molecule has 5 rings (SSSR count). The van der Waals surface area contributed by atoms with Gasteiger partial charge in [0.2, 0.25) is 5.91 Å². The molecule has 1 aliphatic rings. The predicted octanol–water partition coefficient (Wildman–Crippen LogP) is 2.79. The number of aliphatic hydroxyl groups excluding tert-OH is 1. The summed E-state index contributed by atoms with van der Waals surface area (Å²) < 4.78 is 0.884. The summed E-state index contributed by atoms with van der Waals surface area (Å²) in [6.45, 7) is 2.05. The Bertz CT molecular complexity index is 1350. The molecule has 4 aromatic rings. The van der Waals surface area contributed by atoms with Gasteiger partial charge >= 0.3 is 4.87 Å². The molecule has 3 heterocycles. The first-order valence-corrected chi connectivity index (χ1v) is 12.2. The zero-order valence-electron chi connectivity index (χ0n) is 18.9. The number of aliphatic hydroxyl groups is 1. The summed E-state index contributed by atoms with van der Waals surface area (Å²) in [4.78, 5) is 39.3. The van der Waals surface area contributed by atoms with Crippen molar-refractivity contribution in [2.75, 3.05) is 26.7 Å². The van der Waals surface area contributed by atoms with Crippen LogP contribution in [0, 0.1) is 0 Å². The Morgan fingerprint density at radius 2 is 2.21 bits per heavy atom. The first-order valence-electron chi connectivity index (χ1n) is 11.3. The third-order valence-corrected chi connectivity index (χ3v) is 7.28. The number of likely N-dealkylation sites (N-methyl/N-ethyl adjacent to an activating group) is 1. The standard InChI is InChI=1S/C25H27N5O3S/c1-29(23(32)12-16-5-6-22-20(11-16)28-25(33)34-22)21(15-30-10-7-19(31)14-30)17-3-2-4-18(13-17)24-26-8-9-27-24/h2-6,8-9,11,13,19,21,31H,7,10,12,14-15H2,1H3,(H,26,27)(H,28,33)/t19?,21-/m1/s1. The van der Waals surface area contributed by atoms with Crippen molar-refractivity contribution in [3.63, 3.8) is 0 Å². The molecule has 0 spiro atoms. The molecule has 1 aliphatic heterocycles. The second-order valence-corrected chi connectivity index (χ2v) is 9.82. The van der Waals surface area contributed by atoms with Gasteiger partial charge in [0, 0.05) is 44.6 Å². The number of β-amino-alcohol motifs (C(OH)–C–C–N with tert-alkyl or cyclic N) is 1. The molecule has 2 atom stereocenters. The van der Waals surface area contributed by atoms with E-state index in [9.17, 15) is 14.7 Å². The lowest BCUT2D eigenvalue weighted by molar-refractivity contribution is -0.131. The number of likely N-dealkylation sites (tertiary alicyclic amines) is 1. The van der Waals surface area contributed by atoms with Gasteiger partial charge in [-0.05, 0) is 35.7 Å². The number of nitrogens with one attached hydrogen (secondary N) is 2. The fraction of sp³-hybridized carbons (Fsp3) is 0.320. The predicted molar refractivity (Wildman–Crippen MR) is 133 cm³/mol. The molecule has 1 saturated heterocycles. The van der Waals surface area contributed by atoms with Crippen molar-refractivity contribution in [3.05, 3.63) is 75.7 Å². The van der Waals surface area contributed by atoms with E-state index in [4.69, 9.17) is 0 Å². The summed E-state index contributed by atoms with van der Waals surface area (Å²) in [7, 11) is 1.84. The van der Waals surface area contributed by atoms with Crippen LogP contribution in [0.1, 0.15) is 23.6 Å². The Morgan fingerprint density at radius 1 is 1.32 bits per heavy atom.